The summed E-state index contributed by atoms with van der Waals surface area (Å²) in [5.74, 6) is 0.766. The summed E-state index contributed by atoms with van der Waals surface area (Å²) < 4.78 is 22.7. The number of anilines is 1. The van der Waals surface area contributed by atoms with Crippen molar-refractivity contribution >= 4 is 27.1 Å². The van der Waals surface area contributed by atoms with Crippen LogP contribution in [0.3, 0.4) is 0 Å². The molecule has 88 valence electrons. The highest BCUT2D eigenvalue weighted by Gasteiger charge is 2.28. The van der Waals surface area contributed by atoms with Gasteiger partial charge in [-0.3, -0.25) is 0 Å². The van der Waals surface area contributed by atoms with Gasteiger partial charge in [-0.1, -0.05) is 23.7 Å². The lowest BCUT2D eigenvalue weighted by Crippen LogP contribution is -2.09. The lowest BCUT2D eigenvalue weighted by atomic mass is 9.98. The average molecular weight is 260 g/mol. The lowest BCUT2D eigenvalue weighted by molar-refractivity contribution is 0.583. The molecule has 2 rings (SSSR count). The van der Waals surface area contributed by atoms with Crippen LogP contribution in [0.2, 0.25) is 5.02 Å². The maximum Gasteiger partial charge on any atom is 0.150 e. The Kier molecular flexibility index (Phi) is 3.13. The molecule has 1 aliphatic heterocycles. The number of hydrogen-bond donors (Lipinski definition) is 1. The molecular weight excluding hydrogens is 246 g/mol. The first-order chi connectivity index (χ1) is 7.48. The molecule has 1 aromatic rings. The first-order valence-electron chi connectivity index (χ1n) is 5.21. The van der Waals surface area contributed by atoms with Gasteiger partial charge in [-0.25, -0.2) is 8.42 Å². The van der Waals surface area contributed by atoms with Crippen LogP contribution in [0, 0.1) is 5.92 Å². The summed E-state index contributed by atoms with van der Waals surface area (Å²) >= 11 is 5.91. The predicted molar refractivity (Wildman–Crippen MR) is 66.3 cm³/mol. The van der Waals surface area contributed by atoms with E-state index in [4.69, 9.17) is 17.3 Å². The van der Waals surface area contributed by atoms with Crippen molar-refractivity contribution in [2.45, 2.75) is 12.8 Å². The van der Waals surface area contributed by atoms with Gasteiger partial charge in [0.25, 0.3) is 0 Å². The van der Waals surface area contributed by atoms with Gasteiger partial charge in [0.05, 0.1) is 22.2 Å². The number of hydrogen-bond acceptors (Lipinski definition) is 3. The van der Waals surface area contributed by atoms with Gasteiger partial charge in [0.15, 0.2) is 9.84 Å². The number of nitrogens with two attached hydrogens (primary N) is 1. The topological polar surface area (TPSA) is 60.2 Å². The van der Waals surface area contributed by atoms with E-state index in [0.29, 0.717) is 22.9 Å². The van der Waals surface area contributed by atoms with Crippen LogP contribution in [0.4, 0.5) is 5.69 Å². The van der Waals surface area contributed by atoms with E-state index in [-0.39, 0.29) is 11.7 Å². The minimum absolute atomic E-state index is 0.186. The Hall–Kier alpha value is -0.740. The predicted octanol–water partition coefficient (Wildman–Crippen LogP) is 1.90. The van der Waals surface area contributed by atoms with E-state index in [1.54, 1.807) is 6.07 Å². The van der Waals surface area contributed by atoms with E-state index in [2.05, 4.69) is 0 Å². The number of halogens is 1. The van der Waals surface area contributed by atoms with E-state index in [9.17, 15) is 8.42 Å². The Morgan fingerprint density at radius 3 is 2.81 bits per heavy atom. The zero-order valence-corrected chi connectivity index (χ0v) is 10.4. The van der Waals surface area contributed by atoms with Crippen LogP contribution in [0.5, 0.6) is 0 Å². The maximum atomic E-state index is 11.3. The molecule has 16 heavy (non-hydrogen) atoms. The molecule has 1 atom stereocenters. The monoisotopic (exact) mass is 259 g/mol. The Labute approximate surface area is 101 Å². The van der Waals surface area contributed by atoms with Crippen LogP contribution in [0.25, 0.3) is 0 Å². The standard InChI is InChI=1S/C11H14ClNO2S/c12-10-3-1-2-9(11(10)13)6-8-4-5-16(14,15)7-8/h1-3,8H,4-7,13H2. The fraction of sp³-hybridized carbons (Fsp3) is 0.455. The Morgan fingerprint density at radius 2 is 2.19 bits per heavy atom. The van der Waals surface area contributed by atoms with Gasteiger partial charge in [-0.15, -0.1) is 0 Å². The second-order valence-electron chi connectivity index (χ2n) is 4.29. The van der Waals surface area contributed by atoms with Crippen molar-refractivity contribution in [3.63, 3.8) is 0 Å². The van der Waals surface area contributed by atoms with Gasteiger partial charge in [0, 0.05) is 0 Å². The van der Waals surface area contributed by atoms with Crippen molar-refractivity contribution in [3.05, 3.63) is 28.8 Å². The number of rotatable bonds is 2. The average Bonchev–Trinajstić information content (AvgIpc) is 2.53. The highest BCUT2D eigenvalue weighted by atomic mass is 35.5. The molecule has 0 amide bonds. The van der Waals surface area contributed by atoms with Crippen LogP contribution in [0.1, 0.15) is 12.0 Å². The zero-order chi connectivity index (χ0) is 11.8. The van der Waals surface area contributed by atoms with Crippen LogP contribution in [0.15, 0.2) is 18.2 Å². The number of nitrogen functional groups attached to an aromatic ring is 1. The van der Waals surface area contributed by atoms with E-state index in [1.165, 1.54) is 0 Å². The molecule has 0 aromatic heterocycles. The normalized spacial score (nSPS) is 23.4. The molecule has 1 aromatic carbocycles. The third-order valence-corrected chi connectivity index (χ3v) is 5.15. The van der Waals surface area contributed by atoms with Crippen LogP contribution in [-0.4, -0.2) is 19.9 Å². The number of benzene rings is 1. The summed E-state index contributed by atoms with van der Waals surface area (Å²) in [6.45, 7) is 0. The summed E-state index contributed by atoms with van der Waals surface area (Å²) in [7, 11) is -2.81. The van der Waals surface area contributed by atoms with Crippen molar-refractivity contribution in [3.8, 4) is 0 Å². The smallest absolute Gasteiger partial charge is 0.150 e. The van der Waals surface area contributed by atoms with Crippen molar-refractivity contribution in [2.75, 3.05) is 17.2 Å². The zero-order valence-electron chi connectivity index (χ0n) is 8.82. The van der Waals surface area contributed by atoms with E-state index in [1.807, 2.05) is 12.1 Å². The molecule has 0 bridgehead atoms. The molecule has 0 aliphatic carbocycles. The van der Waals surface area contributed by atoms with Gasteiger partial charge in [-0.2, -0.15) is 0 Å². The summed E-state index contributed by atoms with van der Waals surface area (Å²) in [6, 6.07) is 5.50. The van der Waals surface area contributed by atoms with Gasteiger partial charge in [0.1, 0.15) is 0 Å². The fourth-order valence-corrected chi connectivity index (χ4v) is 4.16. The summed E-state index contributed by atoms with van der Waals surface area (Å²) in [5.41, 5.74) is 7.38. The molecule has 0 saturated carbocycles. The molecule has 2 N–H and O–H groups in total. The number of para-hydroxylation sites is 1. The van der Waals surface area contributed by atoms with Gasteiger partial charge in [0.2, 0.25) is 0 Å². The molecule has 0 spiro atoms. The molecule has 0 radical (unpaired) electrons. The van der Waals surface area contributed by atoms with E-state index < -0.39 is 9.84 Å². The first-order valence-corrected chi connectivity index (χ1v) is 7.41. The fourth-order valence-electron chi connectivity index (χ4n) is 2.10. The minimum atomic E-state index is -2.81. The van der Waals surface area contributed by atoms with Crippen molar-refractivity contribution in [1.82, 2.24) is 0 Å². The van der Waals surface area contributed by atoms with Crippen LogP contribution < -0.4 is 5.73 Å². The van der Waals surface area contributed by atoms with Crippen molar-refractivity contribution < 1.29 is 8.42 Å². The highest BCUT2D eigenvalue weighted by molar-refractivity contribution is 7.91. The summed E-state index contributed by atoms with van der Waals surface area (Å²) in [5, 5.41) is 0.540. The van der Waals surface area contributed by atoms with Gasteiger partial charge >= 0.3 is 0 Å². The molecule has 1 unspecified atom stereocenters. The molecule has 1 aliphatic rings. The molecule has 5 heteroatoms. The summed E-state index contributed by atoms with van der Waals surface area (Å²) in [6.07, 6.45) is 1.43. The lowest BCUT2D eigenvalue weighted by Gasteiger charge is -2.10. The Balaban J connectivity index is 2.14. The van der Waals surface area contributed by atoms with Crippen molar-refractivity contribution in [1.29, 1.82) is 0 Å². The largest absolute Gasteiger partial charge is 0.397 e. The molecule has 1 fully saturated rings. The van der Waals surface area contributed by atoms with E-state index >= 15 is 0 Å². The van der Waals surface area contributed by atoms with E-state index in [0.717, 1.165) is 12.0 Å². The minimum Gasteiger partial charge on any atom is -0.397 e. The third-order valence-electron chi connectivity index (χ3n) is 2.98. The summed E-state index contributed by atoms with van der Waals surface area (Å²) in [4.78, 5) is 0. The highest BCUT2D eigenvalue weighted by Crippen LogP contribution is 2.28. The van der Waals surface area contributed by atoms with Crippen LogP contribution >= 0.6 is 11.6 Å². The van der Waals surface area contributed by atoms with Gasteiger partial charge in [-0.05, 0) is 30.4 Å². The number of sulfone groups is 1. The second kappa shape index (κ2) is 4.26. The molecule has 1 heterocycles. The van der Waals surface area contributed by atoms with Crippen molar-refractivity contribution in [2.24, 2.45) is 5.92 Å². The Bertz CT molecular complexity index is 499. The maximum absolute atomic E-state index is 11.3. The third kappa shape index (κ3) is 2.50. The molecule has 3 nitrogen and oxygen atoms in total. The SMILES string of the molecule is Nc1c(Cl)cccc1CC1CCS(=O)(=O)C1. The Morgan fingerprint density at radius 1 is 1.44 bits per heavy atom. The molecular formula is C11H14ClNO2S. The van der Waals surface area contributed by atoms with Crippen LogP contribution in [-0.2, 0) is 16.3 Å². The quantitative estimate of drug-likeness (QED) is 0.826. The second-order valence-corrected chi connectivity index (χ2v) is 6.92. The first kappa shape index (κ1) is 11.7. The van der Waals surface area contributed by atoms with Gasteiger partial charge < -0.3 is 5.73 Å². The molecule has 1 saturated heterocycles.